The first kappa shape index (κ1) is 15.8. The lowest BCUT2D eigenvalue weighted by Gasteiger charge is -2.14. The topological polar surface area (TPSA) is 24.9 Å². The Morgan fingerprint density at radius 1 is 1.40 bits per heavy atom. The fourth-order valence-corrected chi connectivity index (χ4v) is 3.43. The maximum Gasteiger partial charge on any atom is 0.115 e. The Hall–Kier alpha value is -0.550. The minimum absolute atomic E-state index is 0.304. The van der Waals surface area contributed by atoms with Crippen molar-refractivity contribution < 1.29 is 0 Å². The van der Waals surface area contributed by atoms with Crippen LogP contribution in [-0.2, 0) is 0 Å². The van der Waals surface area contributed by atoms with Gasteiger partial charge >= 0.3 is 0 Å². The van der Waals surface area contributed by atoms with Gasteiger partial charge in [-0.1, -0.05) is 36.4 Å². The highest BCUT2D eigenvalue weighted by Gasteiger charge is 2.10. The normalized spacial score (nSPS) is 12.4. The lowest BCUT2D eigenvalue weighted by Crippen LogP contribution is -2.17. The second kappa shape index (κ2) is 7.46. The van der Waals surface area contributed by atoms with Gasteiger partial charge in [-0.05, 0) is 59.2 Å². The van der Waals surface area contributed by atoms with E-state index < -0.39 is 0 Å². The van der Waals surface area contributed by atoms with Crippen LogP contribution in [0.5, 0.6) is 0 Å². The molecule has 1 unspecified atom stereocenters. The van der Waals surface area contributed by atoms with E-state index in [4.69, 9.17) is 11.6 Å². The summed E-state index contributed by atoms with van der Waals surface area (Å²) in [6.45, 7) is 5.18. The largest absolute Gasteiger partial charge is 0.310 e. The quantitative estimate of drug-likeness (QED) is 0.770. The molecule has 0 radical (unpaired) electrons. The van der Waals surface area contributed by atoms with Crippen LogP contribution >= 0.6 is 39.3 Å². The van der Waals surface area contributed by atoms with Crippen molar-refractivity contribution in [3.05, 3.63) is 51.6 Å². The van der Waals surface area contributed by atoms with Gasteiger partial charge in [0, 0.05) is 17.1 Å². The predicted octanol–water partition coefficient (Wildman–Crippen LogP) is 5.32. The second-order valence-corrected chi connectivity index (χ2v) is 6.65. The molecule has 0 aliphatic carbocycles. The molecule has 20 heavy (non-hydrogen) atoms. The Bertz CT molecular complexity index is 592. The summed E-state index contributed by atoms with van der Waals surface area (Å²) in [5, 5.41) is 5.06. The van der Waals surface area contributed by atoms with Crippen molar-refractivity contribution in [3.63, 3.8) is 0 Å². The van der Waals surface area contributed by atoms with E-state index in [0.717, 1.165) is 26.0 Å². The molecule has 1 N–H and O–H groups in total. The number of aromatic nitrogens is 1. The van der Waals surface area contributed by atoms with Crippen LogP contribution in [0.1, 0.15) is 25.5 Å². The first-order valence-corrected chi connectivity index (χ1v) is 8.41. The molecule has 0 saturated heterocycles. The molecule has 106 valence electrons. The number of nitrogens with one attached hydrogen (secondary N) is 1. The fourth-order valence-electron chi connectivity index (χ4n) is 1.84. The minimum Gasteiger partial charge on any atom is -0.310 e. The third-order valence-corrected chi connectivity index (χ3v) is 5.32. The zero-order chi connectivity index (χ0) is 14.5. The molecule has 0 spiro atoms. The summed E-state index contributed by atoms with van der Waals surface area (Å²) in [7, 11) is 0. The van der Waals surface area contributed by atoms with Crippen molar-refractivity contribution in [1.82, 2.24) is 10.3 Å². The molecule has 0 bridgehead atoms. The van der Waals surface area contributed by atoms with Crippen molar-refractivity contribution in [2.45, 2.75) is 29.8 Å². The van der Waals surface area contributed by atoms with Crippen LogP contribution in [0.4, 0.5) is 0 Å². The number of nitrogens with zero attached hydrogens (tertiary/aromatic N) is 1. The monoisotopic (exact) mass is 370 g/mol. The molecule has 0 amide bonds. The number of halogens is 2. The van der Waals surface area contributed by atoms with Crippen molar-refractivity contribution in [2.24, 2.45) is 0 Å². The van der Waals surface area contributed by atoms with Crippen LogP contribution in [0.2, 0.25) is 5.02 Å². The molecule has 1 heterocycles. The molecular weight excluding hydrogens is 356 g/mol. The Labute approximate surface area is 137 Å². The molecule has 2 nitrogen and oxygen atoms in total. The first-order valence-electron chi connectivity index (χ1n) is 6.43. The van der Waals surface area contributed by atoms with Gasteiger partial charge in [0.05, 0.1) is 9.50 Å². The third kappa shape index (κ3) is 3.98. The standard InChI is InChI=1S/C15H16BrClN2S/c1-3-18-10(2)11-6-7-14(13(17)9-11)20-15-12(16)5-4-8-19-15/h4-10,18H,3H2,1-2H3. The number of hydrogen-bond acceptors (Lipinski definition) is 3. The number of rotatable bonds is 5. The molecular formula is C15H16BrClN2S. The second-order valence-electron chi connectivity index (χ2n) is 4.36. The molecule has 2 aromatic rings. The maximum absolute atomic E-state index is 6.38. The van der Waals surface area contributed by atoms with E-state index in [1.165, 1.54) is 5.56 Å². The lowest BCUT2D eigenvalue weighted by atomic mass is 10.1. The van der Waals surface area contributed by atoms with Crippen LogP contribution < -0.4 is 5.32 Å². The van der Waals surface area contributed by atoms with Gasteiger partial charge in [0.2, 0.25) is 0 Å². The Morgan fingerprint density at radius 2 is 2.20 bits per heavy atom. The summed E-state index contributed by atoms with van der Waals surface area (Å²) >= 11 is 11.4. The van der Waals surface area contributed by atoms with Crippen molar-refractivity contribution >= 4 is 39.3 Å². The predicted molar refractivity (Wildman–Crippen MR) is 89.6 cm³/mol. The zero-order valence-electron chi connectivity index (χ0n) is 11.4. The van der Waals surface area contributed by atoms with Crippen LogP contribution in [0.25, 0.3) is 0 Å². The lowest BCUT2D eigenvalue weighted by molar-refractivity contribution is 0.598. The third-order valence-electron chi connectivity index (χ3n) is 2.90. The molecule has 1 aromatic carbocycles. The van der Waals surface area contributed by atoms with E-state index in [2.05, 4.69) is 52.2 Å². The van der Waals surface area contributed by atoms with E-state index >= 15 is 0 Å². The van der Waals surface area contributed by atoms with Gasteiger partial charge in [-0.15, -0.1) is 0 Å². The SMILES string of the molecule is CCNC(C)c1ccc(Sc2ncccc2Br)c(Cl)c1. The summed E-state index contributed by atoms with van der Waals surface area (Å²) in [6.07, 6.45) is 1.78. The molecule has 0 saturated carbocycles. The van der Waals surface area contributed by atoms with Crippen molar-refractivity contribution in [3.8, 4) is 0 Å². The average molecular weight is 372 g/mol. The molecule has 5 heteroatoms. The van der Waals surface area contributed by atoms with E-state index in [1.54, 1.807) is 18.0 Å². The van der Waals surface area contributed by atoms with Crippen LogP contribution in [0, 0.1) is 0 Å². The smallest absolute Gasteiger partial charge is 0.115 e. The molecule has 0 aliphatic heterocycles. The Kier molecular flexibility index (Phi) is 5.90. The molecule has 0 aliphatic rings. The summed E-state index contributed by atoms with van der Waals surface area (Å²) in [4.78, 5) is 5.36. The average Bonchev–Trinajstić information content (AvgIpc) is 2.43. The number of benzene rings is 1. The van der Waals surface area contributed by atoms with Gasteiger partial charge in [0.25, 0.3) is 0 Å². The molecule has 2 rings (SSSR count). The van der Waals surface area contributed by atoms with Gasteiger partial charge in [0.1, 0.15) is 5.03 Å². The van der Waals surface area contributed by atoms with Gasteiger partial charge in [-0.3, -0.25) is 0 Å². The Morgan fingerprint density at radius 3 is 2.85 bits per heavy atom. The highest BCUT2D eigenvalue weighted by molar-refractivity contribution is 9.10. The van der Waals surface area contributed by atoms with Gasteiger partial charge in [0.15, 0.2) is 0 Å². The minimum atomic E-state index is 0.304. The molecule has 1 aromatic heterocycles. The summed E-state index contributed by atoms with van der Waals surface area (Å²) < 4.78 is 0.978. The van der Waals surface area contributed by atoms with Gasteiger partial charge in [-0.25, -0.2) is 4.98 Å². The van der Waals surface area contributed by atoms with Gasteiger partial charge < -0.3 is 5.32 Å². The number of pyridine rings is 1. The van der Waals surface area contributed by atoms with E-state index in [-0.39, 0.29) is 0 Å². The van der Waals surface area contributed by atoms with Crippen LogP contribution in [0.3, 0.4) is 0 Å². The number of hydrogen-bond donors (Lipinski definition) is 1. The van der Waals surface area contributed by atoms with E-state index in [1.807, 2.05) is 18.2 Å². The summed E-state index contributed by atoms with van der Waals surface area (Å²) in [6, 6.07) is 10.4. The van der Waals surface area contributed by atoms with Crippen LogP contribution in [0.15, 0.2) is 50.9 Å². The highest BCUT2D eigenvalue weighted by atomic mass is 79.9. The summed E-state index contributed by atoms with van der Waals surface area (Å²) in [5.41, 5.74) is 1.20. The van der Waals surface area contributed by atoms with Crippen LogP contribution in [-0.4, -0.2) is 11.5 Å². The fraction of sp³-hybridized carbons (Fsp3) is 0.267. The Balaban J connectivity index is 2.20. The van der Waals surface area contributed by atoms with Crippen molar-refractivity contribution in [2.75, 3.05) is 6.54 Å². The molecule has 0 fully saturated rings. The van der Waals surface area contributed by atoms with E-state index in [0.29, 0.717) is 6.04 Å². The summed E-state index contributed by atoms with van der Waals surface area (Å²) in [5.74, 6) is 0. The highest BCUT2D eigenvalue weighted by Crippen LogP contribution is 2.36. The zero-order valence-corrected chi connectivity index (χ0v) is 14.5. The maximum atomic E-state index is 6.38. The molecule has 1 atom stereocenters. The van der Waals surface area contributed by atoms with E-state index in [9.17, 15) is 0 Å². The first-order chi connectivity index (χ1) is 9.61. The van der Waals surface area contributed by atoms with Gasteiger partial charge in [-0.2, -0.15) is 0 Å². The van der Waals surface area contributed by atoms with Crippen molar-refractivity contribution in [1.29, 1.82) is 0 Å².